The summed E-state index contributed by atoms with van der Waals surface area (Å²) in [6, 6.07) is 7.24. The molecule has 9 heteroatoms. The van der Waals surface area contributed by atoms with Crippen molar-refractivity contribution >= 4 is 21.6 Å². The van der Waals surface area contributed by atoms with Crippen LogP contribution in [0.3, 0.4) is 0 Å². The summed E-state index contributed by atoms with van der Waals surface area (Å²) in [5.41, 5.74) is 1.58. The Labute approximate surface area is 146 Å². The number of carbonyl (C=O) groups excluding carboxylic acids is 1. The van der Waals surface area contributed by atoms with Gasteiger partial charge in [0.15, 0.2) is 6.10 Å². The van der Waals surface area contributed by atoms with Gasteiger partial charge in [0, 0.05) is 20.0 Å². The number of anilines is 1. The molecule has 0 aliphatic carbocycles. The van der Waals surface area contributed by atoms with Crippen LogP contribution in [0.2, 0.25) is 0 Å². The number of H-pyrrole nitrogens is 1. The zero-order valence-electron chi connectivity index (χ0n) is 14.2. The smallest absolute Gasteiger partial charge is 0.267 e. The summed E-state index contributed by atoms with van der Waals surface area (Å²) in [5.74, 6) is 0.410. The Hall–Kier alpha value is -2.39. The van der Waals surface area contributed by atoms with E-state index in [2.05, 4.69) is 14.9 Å². The molecular weight excluding hydrogens is 344 g/mol. The minimum absolute atomic E-state index is 0.0821. The van der Waals surface area contributed by atoms with E-state index < -0.39 is 16.1 Å². The summed E-state index contributed by atoms with van der Waals surface area (Å²) in [7, 11) is -2.02. The number of ether oxygens (including phenoxy) is 1. The van der Waals surface area contributed by atoms with E-state index in [0.29, 0.717) is 22.8 Å². The van der Waals surface area contributed by atoms with E-state index in [1.807, 2.05) is 12.1 Å². The van der Waals surface area contributed by atoms with Gasteiger partial charge in [-0.15, -0.1) is 0 Å². The molecule has 1 aliphatic heterocycles. The van der Waals surface area contributed by atoms with Crippen molar-refractivity contribution in [3.8, 4) is 5.75 Å². The molecule has 1 amide bonds. The highest BCUT2D eigenvalue weighted by Gasteiger charge is 2.32. The van der Waals surface area contributed by atoms with Gasteiger partial charge in [-0.05, 0) is 26.0 Å². The number of rotatable bonds is 5. The van der Waals surface area contributed by atoms with Crippen LogP contribution < -0.4 is 14.4 Å². The predicted octanol–water partition coefficient (Wildman–Crippen LogP) is 1.12. The van der Waals surface area contributed by atoms with Gasteiger partial charge in [-0.3, -0.25) is 9.89 Å². The SMILES string of the molecule is Cc1n[nH]c(C)c1S(=O)(=O)NCCC1Oc2ccccc2N(C)C1=O. The molecule has 1 atom stereocenters. The van der Waals surface area contributed by atoms with Gasteiger partial charge in [-0.25, -0.2) is 13.1 Å². The van der Waals surface area contributed by atoms with E-state index in [9.17, 15) is 13.2 Å². The van der Waals surface area contributed by atoms with Crippen molar-refractivity contribution in [1.29, 1.82) is 0 Å². The van der Waals surface area contributed by atoms with Crippen LogP contribution >= 0.6 is 0 Å². The van der Waals surface area contributed by atoms with Crippen LogP contribution in [0.4, 0.5) is 5.69 Å². The van der Waals surface area contributed by atoms with Crippen molar-refractivity contribution in [2.75, 3.05) is 18.5 Å². The Morgan fingerprint density at radius 2 is 2.04 bits per heavy atom. The molecule has 1 aromatic carbocycles. The van der Waals surface area contributed by atoms with Gasteiger partial charge in [-0.2, -0.15) is 5.10 Å². The van der Waals surface area contributed by atoms with E-state index in [-0.39, 0.29) is 23.8 Å². The van der Waals surface area contributed by atoms with Crippen molar-refractivity contribution in [3.63, 3.8) is 0 Å². The minimum Gasteiger partial charge on any atom is -0.478 e. The largest absolute Gasteiger partial charge is 0.478 e. The highest BCUT2D eigenvalue weighted by molar-refractivity contribution is 7.89. The van der Waals surface area contributed by atoms with Crippen LogP contribution in [0.25, 0.3) is 0 Å². The summed E-state index contributed by atoms with van der Waals surface area (Å²) in [5, 5.41) is 6.55. The number of aryl methyl sites for hydroxylation is 2. The van der Waals surface area contributed by atoms with Crippen molar-refractivity contribution in [3.05, 3.63) is 35.7 Å². The fraction of sp³-hybridized carbons (Fsp3) is 0.375. The Bertz CT molecular complexity index is 887. The predicted molar refractivity (Wildman–Crippen MR) is 92.1 cm³/mol. The average molecular weight is 364 g/mol. The number of likely N-dealkylation sites (N-methyl/N-ethyl adjacent to an activating group) is 1. The number of benzene rings is 1. The number of carbonyl (C=O) groups is 1. The van der Waals surface area contributed by atoms with Crippen LogP contribution in [-0.2, 0) is 14.8 Å². The molecule has 1 aliphatic rings. The average Bonchev–Trinajstić information content (AvgIpc) is 2.91. The quantitative estimate of drug-likeness (QED) is 0.827. The van der Waals surface area contributed by atoms with Crippen LogP contribution in [0, 0.1) is 13.8 Å². The maximum absolute atomic E-state index is 12.4. The maximum atomic E-state index is 12.4. The van der Waals surface area contributed by atoms with Gasteiger partial charge in [0.1, 0.15) is 10.6 Å². The first-order chi connectivity index (χ1) is 11.8. The number of sulfonamides is 1. The molecule has 134 valence electrons. The number of aromatic amines is 1. The van der Waals surface area contributed by atoms with E-state index in [1.165, 1.54) is 4.90 Å². The first-order valence-corrected chi connectivity index (χ1v) is 9.34. The molecule has 8 nitrogen and oxygen atoms in total. The molecule has 0 bridgehead atoms. The monoisotopic (exact) mass is 364 g/mol. The first kappa shape index (κ1) is 17.4. The van der Waals surface area contributed by atoms with Gasteiger partial charge < -0.3 is 9.64 Å². The fourth-order valence-electron chi connectivity index (χ4n) is 2.89. The number of hydrogen-bond donors (Lipinski definition) is 2. The molecule has 1 unspecified atom stereocenters. The third-order valence-corrected chi connectivity index (χ3v) is 5.85. The molecule has 1 aromatic heterocycles. The van der Waals surface area contributed by atoms with Crippen LogP contribution in [0.1, 0.15) is 17.8 Å². The van der Waals surface area contributed by atoms with Crippen LogP contribution in [-0.4, -0.2) is 44.2 Å². The lowest BCUT2D eigenvalue weighted by molar-refractivity contribution is -0.126. The third-order valence-electron chi connectivity index (χ3n) is 4.13. The van der Waals surface area contributed by atoms with Gasteiger partial charge in [0.05, 0.1) is 17.1 Å². The molecule has 2 aromatic rings. The summed E-state index contributed by atoms with van der Waals surface area (Å²) in [6.45, 7) is 3.35. The van der Waals surface area contributed by atoms with Gasteiger partial charge >= 0.3 is 0 Å². The Morgan fingerprint density at radius 1 is 1.32 bits per heavy atom. The molecule has 0 saturated carbocycles. The van der Waals surface area contributed by atoms with Crippen molar-refractivity contribution < 1.29 is 17.9 Å². The lowest BCUT2D eigenvalue weighted by Crippen LogP contribution is -2.45. The van der Waals surface area contributed by atoms with E-state index >= 15 is 0 Å². The number of para-hydroxylation sites is 2. The molecule has 3 rings (SSSR count). The summed E-state index contributed by atoms with van der Waals surface area (Å²) < 4.78 is 33.1. The third kappa shape index (κ3) is 3.24. The second kappa shape index (κ2) is 6.49. The molecule has 2 N–H and O–H groups in total. The molecule has 0 fully saturated rings. The van der Waals surface area contributed by atoms with E-state index in [4.69, 9.17) is 4.74 Å². The Balaban J connectivity index is 1.68. The van der Waals surface area contributed by atoms with Crippen LogP contribution in [0.15, 0.2) is 29.2 Å². The molecule has 0 radical (unpaired) electrons. The highest BCUT2D eigenvalue weighted by atomic mass is 32.2. The molecule has 0 saturated heterocycles. The molecular formula is C16H20N4O4S. The van der Waals surface area contributed by atoms with E-state index in [1.54, 1.807) is 33.0 Å². The second-order valence-electron chi connectivity index (χ2n) is 5.92. The molecule has 25 heavy (non-hydrogen) atoms. The normalized spacial score (nSPS) is 17.3. The standard InChI is InChI=1S/C16H20N4O4S/c1-10-15(11(2)19-18-10)25(22,23)17-9-8-14-16(21)20(3)12-6-4-5-7-13(12)24-14/h4-7,14,17H,8-9H2,1-3H3,(H,18,19). The van der Waals surface area contributed by atoms with Crippen molar-refractivity contribution in [1.82, 2.24) is 14.9 Å². The number of hydrogen-bond acceptors (Lipinski definition) is 5. The Morgan fingerprint density at radius 3 is 2.72 bits per heavy atom. The zero-order chi connectivity index (χ0) is 18.2. The lowest BCUT2D eigenvalue weighted by Gasteiger charge is -2.31. The second-order valence-corrected chi connectivity index (χ2v) is 7.62. The Kier molecular flexibility index (Phi) is 4.53. The highest BCUT2D eigenvalue weighted by Crippen LogP contribution is 2.33. The number of amides is 1. The van der Waals surface area contributed by atoms with Gasteiger partial charge in [-0.1, -0.05) is 12.1 Å². The maximum Gasteiger partial charge on any atom is 0.267 e. The fourth-order valence-corrected chi connectivity index (χ4v) is 4.30. The number of aromatic nitrogens is 2. The molecule has 2 heterocycles. The number of fused-ring (bicyclic) bond motifs is 1. The zero-order valence-corrected chi connectivity index (χ0v) is 15.1. The van der Waals surface area contributed by atoms with Gasteiger partial charge in [0.25, 0.3) is 5.91 Å². The first-order valence-electron chi connectivity index (χ1n) is 7.86. The van der Waals surface area contributed by atoms with E-state index in [0.717, 1.165) is 0 Å². The van der Waals surface area contributed by atoms with Crippen molar-refractivity contribution in [2.24, 2.45) is 0 Å². The number of nitrogens with zero attached hydrogens (tertiary/aromatic N) is 2. The molecule has 0 spiro atoms. The van der Waals surface area contributed by atoms with Gasteiger partial charge in [0.2, 0.25) is 10.0 Å². The van der Waals surface area contributed by atoms with Crippen LogP contribution in [0.5, 0.6) is 5.75 Å². The summed E-state index contributed by atoms with van der Waals surface area (Å²) in [6.07, 6.45) is -0.499. The van der Waals surface area contributed by atoms with Crippen molar-refractivity contribution in [2.45, 2.75) is 31.3 Å². The number of nitrogens with one attached hydrogen (secondary N) is 2. The topological polar surface area (TPSA) is 104 Å². The lowest BCUT2D eigenvalue weighted by atomic mass is 10.1. The summed E-state index contributed by atoms with van der Waals surface area (Å²) in [4.78, 5) is 14.1. The summed E-state index contributed by atoms with van der Waals surface area (Å²) >= 11 is 0. The minimum atomic E-state index is -3.69.